The molecule has 0 saturated carbocycles. The van der Waals surface area contributed by atoms with Crippen LogP contribution in [0.15, 0.2) is 36.5 Å². The Morgan fingerprint density at radius 1 is 1.04 bits per heavy atom. The van der Waals surface area contributed by atoms with E-state index in [1.807, 2.05) is 0 Å². The summed E-state index contributed by atoms with van der Waals surface area (Å²) >= 11 is 0. The summed E-state index contributed by atoms with van der Waals surface area (Å²) in [5, 5.41) is 0. The Bertz CT molecular complexity index is 712. The van der Waals surface area contributed by atoms with Crippen LogP contribution in [-0.2, 0) is 17.6 Å². The van der Waals surface area contributed by atoms with Crippen molar-refractivity contribution in [2.45, 2.75) is 45.4 Å². The highest BCUT2D eigenvalue weighted by atomic mass is 16.5. The number of carbonyl (C=O) groups excluding carboxylic acids is 1. The molecule has 1 aliphatic rings. The van der Waals surface area contributed by atoms with E-state index < -0.39 is 5.97 Å². The van der Waals surface area contributed by atoms with Crippen LogP contribution in [0.25, 0.3) is 0 Å². The maximum absolute atomic E-state index is 12.4. The van der Waals surface area contributed by atoms with Crippen LogP contribution < -0.4 is 9.47 Å². The Morgan fingerprint density at radius 3 is 2.44 bits per heavy atom. The van der Waals surface area contributed by atoms with Crippen molar-refractivity contribution in [1.29, 1.82) is 0 Å². The monoisotopic (exact) mass is 369 g/mol. The zero-order valence-corrected chi connectivity index (χ0v) is 15.9. The minimum absolute atomic E-state index is 0.289. The van der Waals surface area contributed by atoms with E-state index >= 15 is 0 Å². The van der Waals surface area contributed by atoms with Crippen molar-refractivity contribution in [3.05, 3.63) is 53.2 Å². The summed E-state index contributed by atoms with van der Waals surface area (Å²) in [6, 6.07) is 10.5. The number of hydrogen-bond acceptors (Lipinski definition) is 5. The number of aromatic nitrogens is 1. The van der Waals surface area contributed by atoms with Gasteiger partial charge in [-0.25, -0.2) is 9.78 Å². The molecule has 0 unspecified atom stereocenters. The summed E-state index contributed by atoms with van der Waals surface area (Å²) in [7, 11) is 0. The van der Waals surface area contributed by atoms with Gasteiger partial charge in [0, 0.05) is 6.20 Å². The average Bonchev–Trinajstić information content (AvgIpc) is 2.67. The Hall–Kier alpha value is -2.56. The van der Waals surface area contributed by atoms with Gasteiger partial charge in [0.25, 0.3) is 0 Å². The molecule has 0 saturated heterocycles. The smallest absolute Gasteiger partial charge is 0.347 e. The lowest BCUT2D eigenvalue weighted by atomic mass is 10.0. The maximum atomic E-state index is 12.4. The average molecular weight is 369 g/mol. The van der Waals surface area contributed by atoms with Gasteiger partial charge in [-0.3, -0.25) is 0 Å². The van der Waals surface area contributed by atoms with E-state index in [0.29, 0.717) is 31.5 Å². The highest BCUT2D eigenvalue weighted by molar-refractivity contribution is 5.94. The van der Waals surface area contributed by atoms with Gasteiger partial charge in [0.2, 0.25) is 5.88 Å². The van der Waals surface area contributed by atoms with E-state index in [-0.39, 0.29) is 5.56 Å². The molecule has 0 fully saturated rings. The highest BCUT2D eigenvalue weighted by Crippen LogP contribution is 2.28. The first-order chi connectivity index (χ1) is 13.3. The third-order valence-electron chi connectivity index (χ3n) is 4.56. The zero-order valence-electron chi connectivity index (χ0n) is 15.9. The fourth-order valence-electron chi connectivity index (χ4n) is 3.20. The number of esters is 1. The number of ether oxygens (including phenoxy) is 3. The van der Waals surface area contributed by atoms with Gasteiger partial charge in [-0.15, -0.1) is 0 Å². The second-order valence-electron chi connectivity index (χ2n) is 6.64. The van der Waals surface area contributed by atoms with Crippen LogP contribution in [-0.4, -0.2) is 30.8 Å². The molecule has 0 atom stereocenters. The van der Waals surface area contributed by atoms with Gasteiger partial charge in [-0.05, 0) is 62.6 Å². The lowest BCUT2D eigenvalue weighted by Crippen LogP contribution is -2.13. The molecule has 5 nitrogen and oxygen atoms in total. The van der Waals surface area contributed by atoms with Crippen LogP contribution in [0.3, 0.4) is 0 Å². The summed E-state index contributed by atoms with van der Waals surface area (Å²) < 4.78 is 16.9. The number of pyridine rings is 1. The number of benzene rings is 1. The standard InChI is InChI=1S/C22H27NO4/c1-2-25-22(24)20-19-12-13-23-21(20)27-15-6-4-9-18-11-7-10-17(16-18)8-3-5-14-26-19/h7,10-13,16H,2-6,8-9,14-15H2,1H3. The second-order valence-corrected chi connectivity index (χ2v) is 6.64. The van der Waals surface area contributed by atoms with Gasteiger partial charge in [0.15, 0.2) is 5.56 Å². The molecule has 4 bridgehead atoms. The molecular weight excluding hydrogens is 342 g/mol. The lowest BCUT2D eigenvalue weighted by Gasteiger charge is -2.15. The van der Waals surface area contributed by atoms with Gasteiger partial charge in [-0.1, -0.05) is 24.3 Å². The van der Waals surface area contributed by atoms with Crippen molar-refractivity contribution in [2.24, 2.45) is 0 Å². The summed E-state index contributed by atoms with van der Waals surface area (Å²) in [6.45, 7) is 3.12. The molecule has 2 heterocycles. The fraction of sp³-hybridized carbons (Fsp3) is 0.455. The van der Waals surface area contributed by atoms with E-state index in [9.17, 15) is 4.79 Å². The fourth-order valence-corrected chi connectivity index (χ4v) is 3.20. The number of rotatable bonds is 2. The molecule has 1 aromatic heterocycles. The normalized spacial score (nSPS) is 15.3. The minimum Gasteiger partial charge on any atom is -0.492 e. The molecule has 2 aromatic rings. The van der Waals surface area contributed by atoms with E-state index in [4.69, 9.17) is 14.2 Å². The number of fused-ring (bicyclic) bond motifs is 4. The number of hydrogen-bond donors (Lipinski definition) is 0. The highest BCUT2D eigenvalue weighted by Gasteiger charge is 2.21. The quantitative estimate of drug-likeness (QED) is 0.736. The van der Waals surface area contributed by atoms with Crippen LogP contribution in [0.2, 0.25) is 0 Å². The molecule has 3 rings (SSSR count). The minimum atomic E-state index is -0.452. The molecular formula is C22H27NO4. The van der Waals surface area contributed by atoms with E-state index in [0.717, 1.165) is 38.5 Å². The summed E-state index contributed by atoms with van der Waals surface area (Å²) in [6.07, 6.45) is 7.53. The van der Waals surface area contributed by atoms with Gasteiger partial charge in [-0.2, -0.15) is 0 Å². The Morgan fingerprint density at radius 2 is 1.74 bits per heavy atom. The van der Waals surface area contributed by atoms with E-state index in [1.54, 1.807) is 19.2 Å². The summed E-state index contributed by atoms with van der Waals surface area (Å²) in [5.41, 5.74) is 3.02. The first-order valence-corrected chi connectivity index (χ1v) is 9.77. The predicted octanol–water partition coefficient (Wildman–Crippen LogP) is 4.38. The molecule has 0 radical (unpaired) electrons. The van der Waals surface area contributed by atoms with Gasteiger partial charge in [0.05, 0.1) is 19.8 Å². The van der Waals surface area contributed by atoms with Crippen molar-refractivity contribution < 1.29 is 19.0 Å². The van der Waals surface area contributed by atoms with Crippen molar-refractivity contribution in [3.63, 3.8) is 0 Å². The SMILES string of the molecule is CCOC(=O)c1c2ccnc1OCCCCc1cccc(c1)CCCCO2. The van der Waals surface area contributed by atoms with Crippen molar-refractivity contribution >= 4 is 5.97 Å². The first-order valence-electron chi connectivity index (χ1n) is 9.77. The molecule has 27 heavy (non-hydrogen) atoms. The largest absolute Gasteiger partial charge is 0.492 e. The third-order valence-corrected chi connectivity index (χ3v) is 4.56. The molecule has 0 N–H and O–H groups in total. The number of aryl methyl sites for hydroxylation is 2. The third kappa shape index (κ3) is 5.46. The van der Waals surface area contributed by atoms with Crippen LogP contribution in [0.4, 0.5) is 0 Å². The van der Waals surface area contributed by atoms with Gasteiger partial charge >= 0.3 is 5.97 Å². The second kappa shape index (κ2) is 9.95. The molecule has 1 aromatic carbocycles. The molecule has 0 aliphatic carbocycles. The van der Waals surface area contributed by atoms with Crippen molar-refractivity contribution in [2.75, 3.05) is 19.8 Å². The van der Waals surface area contributed by atoms with Crippen LogP contribution in [0, 0.1) is 0 Å². The summed E-state index contributed by atoms with van der Waals surface area (Å²) in [4.78, 5) is 16.6. The number of carbonyl (C=O) groups is 1. The van der Waals surface area contributed by atoms with Crippen molar-refractivity contribution in [1.82, 2.24) is 4.98 Å². The van der Waals surface area contributed by atoms with Gasteiger partial charge < -0.3 is 14.2 Å². The lowest BCUT2D eigenvalue weighted by molar-refractivity contribution is 0.0515. The zero-order chi connectivity index (χ0) is 18.9. The van der Waals surface area contributed by atoms with Crippen LogP contribution >= 0.6 is 0 Å². The molecule has 5 heteroatoms. The van der Waals surface area contributed by atoms with E-state index in [2.05, 4.69) is 29.2 Å². The molecule has 144 valence electrons. The Kier molecular flexibility index (Phi) is 7.08. The molecule has 0 spiro atoms. The molecule has 0 amide bonds. The topological polar surface area (TPSA) is 57.7 Å². The molecule has 1 aliphatic heterocycles. The Balaban J connectivity index is 1.77. The predicted molar refractivity (Wildman–Crippen MR) is 104 cm³/mol. The number of nitrogens with zero attached hydrogens (tertiary/aromatic N) is 1. The van der Waals surface area contributed by atoms with Crippen LogP contribution in [0.5, 0.6) is 11.6 Å². The van der Waals surface area contributed by atoms with Crippen molar-refractivity contribution in [3.8, 4) is 11.6 Å². The Labute approximate surface area is 160 Å². The van der Waals surface area contributed by atoms with E-state index in [1.165, 1.54) is 11.1 Å². The maximum Gasteiger partial charge on any atom is 0.347 e. The first kappa shape index (κ1) is 19.2. The summed E-state index contributed by atoms with van der Waals surface area (Å²) in [5.74, 6) is 0.319. The van der Waals surface area contributed by atoms with Gasteiger partial charge in [0.1, 0.15) is 5.75 Å². The van der Waals surface area contributed by atoms with Crippen LogP contribution in [0.1, 0.15) is 54.1 Å².